The Morgan fingerprint density at radius 2 is 1.88 bits per heavy atom. The molecule has 0 unspecified atom stereocenters. The molecule has 6 nitrogen and oxygen atoms in total. The Hall–Kier alpha value is -2.93. The zero-order chi connectivity index (χ0) is 22.2. The highest BCUT2D eigenvalue weighted by molar-refractivity contribution is 7.13. The molecule has 3 aromatic rings. The first-order chi connectivity index (χ1) is 15.7. The number of aromatic nitrogens is 2. The highest BCUT2D eigenvalue weighted by atomic mass is 32.1. The lowest BCUT2D eigenvalue weighted by Gasteiger charge is -2.21. The van der Waals surface area contributed by atoms with E-state index in [2.05, 4.69) is 32.3 Å². The number of carbonyl (C=O) groups excluding carboxylic acids is 1. The van der Waals surface area contributed by atoms with Crippen LogP contribution in [0.15, 0.2) is 48.0 Å². The van der Waals surface area contributed by atoms with Gasteiger partial charge in [0.25, 0.3) is 0 Å². The second-order valence-corrected chi connectivity index (χ2v) is 8.84. The molecular weight excluding hydrogens is 420 g/mol. The van der Waals surface area contributed by atoms with Crippen LogP contribution in [0, 0.1) is 0 Å². The highest BCUT2D eigenvalue weighted by Gasteiger charge is 2.12. The third-order valence-electron chi connectivity index (χ3n) is 5.53. The topological polar surface area (TPSA) is 67.3 Å². The minimum absolute atomic E-state index is 0.0369. The highest BCUT2D eigenvalue weighted by Crippen LogP contribution is 2.26. The fraction of sp³-hybridized carbons (Fsp3) is 0.400. The average Bonchev–Trinajstić information content (AvgIpc) is 3.11. The molecule has 168 valence electrons. The summed E-state index contributed by atoms with van der Waals surface area (Å²) in [5, 5.41) is 5.84. The van der Waals surface area contributed by atoms with E-state index in [1.807, 2.05) is 42.8 Å². The Morgan fingerprint density at radius 3 is 2.56 bits per heavy atom. The first kappa shape index (κ1) is 22.3. The Morgan fingerprint density at radius 1 is 1.09 bits per heavy atom. The van der Waals surface area contributed by atoms with Crippen LogP contribution in [0.2, 0.25) is 0 Å². The van der Waals surface area contributed by atoms with Gasteiger partial charge in [0, 0.05) is 36.8 Å². The van der Waals surface area contributed by atoms with Gasteiger partial charge in [-0.05, 0) is 55.7 Å². The first-order valence-corrected chi connectivity index (χ1v) is 12.2. The molecule has 1 amide bonds. The van der Waals surface area contributed by atoms with Crippen LogP contribution in [-0.2, 0) is 17.8 Å². The van der Waals surface area contributed by atoms with E-state index in [1.165, 1.54) is 25.7 Å². The number of pyridine rings is 1. The number of amides is 1. The van der Waals surface area contributed by atoms with Crippen molar-refractivity contribution in [3.63, 3.8) is 0 Å². The van der Waals surface area contributed by atoms with Gasteiger partial charge in [0.15, 0.2) is 0 Å². The van der Waals surface area contributed by atoms with Crippen molar-refractivity contribution in [2.75, 3.05) is 24.6 Å². The fourth-order valence-corrected chi connectivity index (χ4v) is 4.64. The van der Waals surface area contributed by atoms with E-state index in [4.69, 9.17) is 4.74 Å². The zero-order valence-electron chi connectivity index (χ0n) is 18.5. The number of hydrogen-bond donors (Lipinski definition) is 1. The van der Waals surface area contributed by atoms with E-state index in [0.717, 1.165) is 46.5 Å². The summed E-state index contributed by atoms with van der Waals surface area (Å²) in [4.78, 5) is 24.0. The van der Waals surface area contributed by atoms with E-state index < -0.39 is 0 Å². The van der Waals surface area contributed by atoms with E-state index in [9.17, 15) is 4.79 Å². The summed E-state index contributed by atoms with van der Waals surface area (Å²) in [5.41, 5.74) is 2.82. The third kappa shape index (κ3) is 6.07. The van der Waals surface area contributed by atoms with Crippen molar-refractivity contribution in [3.8, 4) is 16.3 Å². The smallest absolute Gasteiger partial charge is 0.226 e. The van der Waals surface area contributed by atoms with Gasteiger partial charge in [-0.25, -0.2) is 9.97 Å². The van der Waals surface area contributed by atoms with Crippen LogP contribution in [0.4, 0.5) is 5.82 Å². The molecule has 1 aliphatic rings. The van der Waals surface area contributed by atoms with Gasteiger partial charge in [-0.1, -0.05) is 18.9 Å². The van der Waals surface area contributed by atoms with Crippen molar-refractivity contribution in [1.82, 2.24) is 15.3 Å². The lowest BCUT2D eigenvalue weighted by molar-refractivity contribution is -0.120. The van der Waals surface area contributed by atoms with E-state index in [1.54, 1.807) is 11.3 Å². The van der Waals surface area contributed by atoms with Crippen molar-refractivity contribution in [2.24, 2.45) is 0 Å². The number of nitrogens with zero attached hydrogens (tertiary/aromatic N) is 3. The molecule has 7 heteroatoms. The van der Waals surface area contributed by atoms with Gasteiger partial charge in [0.2, 0.25) is 5.91 Å². The number of thiazole rings is 1. The van der Waals surface area contributed by atoms with Crippen LogP contribution in [-0.4, -0.2) is 35.6 Å². The number of nitrogens with one attached hydrogen (secondary N) is 1. The summed E-state index contributed by atoms with van der Waals surface area (Å²) in [6, 6.07) is 12.0. The van der Waals surface area contributed by atoms with E-state index in [-0.39, 0.29) is 12.3 Å². The maximum absolute atomic E-state index is 12.4. The second-order valence-electron chi connectivity index (χ2n) is 7.98. The second kappa shape index (κ2) is 11.1. The largest absolute Gasteiger partial charge is 0.494 e. The van der Waals surface area contributed by atoms with Crippen molar-refractivity contribution < 1.29 is 9.53 Å². The predicted octanol–water partition coefficient (Wildman–Crippen LogP) is 4.84. The van der Waals surface area contributed by atoms with Crippen molar-refractivity contribution in [3.05, 3.63) is 59.2 Å². The molecule has 3 heterocycles. The van der Waals surface area contributed by atoms with Gasteiger partial charge in [0.05, 0.1) is 18.7 Å². The minimum atomic E-state index is -0.0369. The Labute approximate surface area is 193 Å². The fourth-order valence-electron chi connectivity index (χ4n) is 3.82. The molecule has 32 heavy (non-hydrogen) atoms. The molecule has 1 aromatic carbocycles. The van der Waals surface area contributed by atoms with Gasteiger partial charge in [-0.3, -0.25) is 4.79 Å². The van der Waals surface area contributed by atoms with Crippen LogP contribution in [0.25, 0.3) is 10.6 Å². The van der Waals surface area contributed by atoms with Gasteiger partial charge in [-0.15, -0.1) is 11.3 Å². The van der Waals surface area contributed by atoms with Crippen LogP contribution in [0.3, 0.4) is 0 Å². The predicted molar refractivity (Wildman–Crippen MR) is 129 cm³/mol. The quantitative estimate of drug-likeness (QED) is 0.532. The molecule has 0 aliphatic carbocycles. The Kier molecular flexibility index (Phi) is 7.72. The molecule has 0 saturated carbocycles. The van der Waals surface area contributed by atoms with Crippen molar-refractivity contribution >= 4 is 23.1 Å². The molecule has 1 fully saturated rings. The monoisotopic (exact) mass is 450 g/mol. The average molecular weight is 451 g/mol. The lowest BCUT2D eigenvalue weighted by Crippen LogP contribution is -2.26. The van der Waals surface area contributed by atoms with E-state index >= 15 is 0 Å². The number of anilines is 1. The summed E-state index contributed by atoms with van der Waals surface area (Å²) >= 11 is 1.55. The number of benzene rings is 1. The number of rotatable bonds is 8. The number of hydrogen-bond acceptors (Lipinski definition) is 6. The van der Waals surface area contributed by atoms with Crippen LogP contribution >= 0.6 is 11.3 Å². The number of carbonyl (C=O) groups is 1. The summed E-state index contributed by atoms with van der Waals surface area (Å²) in [7, 11) is 0. The standard InChI is InChI=1S/C25H30N4O2S/c1-2-31-22-10-8-20(9-11-22)25-28-21(18-32-25)15-24(30)27-17-19-7-12-23(26-16-19)29-13-5-3-4-6-14-29/h7-12,16,18H,2-6,13-15,17H2,1H3,(H,27,30). The zero-order valence-corrected chi connectivity index (χ0v) is 19.4. The molecule has 4 rings (SSSR count). The maximum Gasteiger partial charge on any atom is 0.226 e. The summed E-state index contributed by atoms with van der Waals surface area (Å²) < 4.78 is 5.48. The first-order valence-electron chi connectivity index (χ1n) is 11.4. The van der Waals surface area contributed by atoms with Gasteiger partial charge in [-0.2, -0.15) is 0 Å². The molecule has 1 N–H and O–H groups in total. The van der Waals surface area contributed by atoms with Gasteiger partial charge >= 0.3 is 0 Å². The Balaban J connectivity index is 1.27. The molecule has 2 aromatic heterocycles. The van der Waals surface area contributed by atoms with Crippen molar-refractivity contribution in [1.29, 1.82) is 0 Å². The van der Waals surface area contributed by atoms with Crippen LogP contribution in [0.5, 0.6) is 5.75 Å². The summed E-state index contributed by atoms with van der Waals surface area (Å²) in [5.74, 6) is 1.85. The summed E-state index contributed by atoms with van der Waals surface area (Å²) in [6.07, 6.45) is 7.22. The number of ether oxygens (including phenoxy) is 1. The third-order valence-corrected chi connectivity index (χ3v) is 6.47. The maximum atomic E-state index is 12.4. The molecular formula is C25H30N4O2S. The normalized spacial score (nSPS) is 14.1. The molecule has 0 spiro atoms. The lowest BCUT2D eigenvalue weighted by atomic mass is 10.2. The minimum Gasteiger partial charge on any atom is -0.494 e. The Bertz CT molecular complexity index is 994. The molecule has 0 bridgehead atoms. The summed E-state index contributed by atoms with van der Waals surface area (Å²) in [6.45, 7) is 5.25. The van der Waals surface area contributed by atoms with E-state index in [0.29, 0.717) is 13.2 Å². The molecule has 1 saturated heterocycles. The SMILES string of the molecule is CCOc1ccc(-c2nc(CC(=O)NCc3ccc(N4CCCCCC4)nc3)cs2)cc1. The molecule has 0 atom stereocenters. The molecule has 0 radical (unpaired) electrons. The molecule has 1 aliphatic heterocycles. The van der Waals surface area contributed by atoms with Crippen molar-refractivity contribution in [2.45, 2.75) is 45.6 Å². The van der Waals surface area contributed by atoms with Crippen LogP contribution < -0.4 is 15.0 Å². The van der Waals surface area contributed by atoms with Crippen LogP contribution in [0.1, 0.15) is 43.9 Å². The van der Waals surface area contributed by atoms with Gasteiger partial charge in [0.1, 0.15) is 16.6 Å². The van der Waals surface area contributed by atoms with Gasteiger partial charge < -0.3 is 15.0 Å².